The third-order valence-electron chi connectivity index (χ3n) is 3.62. The molecule has 3 aromatic carbocycles. The van der Waals surface area contributed by atoms with E-state index in [1.807, 2.05) is 36.4 Å². The van der Waals surface area contributed by atoms with Crippen LogP contribution in [-0.2, 0) is 0 Å². The average molecular weight is 239 g/mol. The van der Waals surface area contributed by atoms with E-state index in [1.54, 1.807) is 0 Å². The van der Waals surface area contributed by atoms with Crippen molar-refractivity contribution in [3.05, 3.63) is 60.7 Å². The Kier molecular flexibility index (Phi) is 2.13. The minimum Gasteiger partial charge on any atom is -0.247 e. The quantitative estimate of drug-likeness (QED) is 0.260. The molecule has 1 aromatic heterocycles. The molecule has 4 rings (SSSR count). The normalized spacial score (nSPS) is 11.4. The number of hydrogen-bond acceptors (Lipinski definition) is 1. The Bertz CT molecular complexity index is 928. The maximum atomic E-state index is 6.31. The minimum absolute atomic E-state index is 0.811. The van der Waals surface area contributed by atoms with Crippen molar-refractivity contribution in [2.45, 2.75) is 0 Å². The van der Waals surface area contributed by atoms with Crippen LogP contribution in [0.2, 0.25) is 0 Å². The van der Waals surface area contributed by atoms with E-state index < -0.39 is 0 Å². The fourth-order valence-corrected chi connectivity index (χ4v) is 2.66. The minimum atomic E-state index is 0.811. The van der Waals surface area contributed by atoms with Crippen molar-refractivity contribution in [3.8, 4) is 0 Å². The third-order valence-corrected chi connectivity index (χ3v) is 3.62. The van der Waals surface area contributed by atoms with Crippen molar-refractivity contribution >= 4 is 45.9 Å². The van der Waals surface area contributed by atoms with E-state index in [2.05, 4.69) is 24.3 Å². The predicted molar refractivity (Wildman–Crippen MR) is 82.1 cm³/mol. The van der Waals surface area contributed by atoms with Crippen LogP contribution in [0.25, 0.3) is 32.6 Å². The topological polar surface area (TPSA) is 12.9 Å². The Labute approximate surface area is 112 Å². The van der Waals surface area contributed by atoms with E-state index in [1.165, 1.54) is 5.39 Å². The molecule has 2 heteroatoms. The van der Waals surface area contributed by atoms with Crippen molar-refractivity contribution in [2.24, 2.45) is 0 Å². The van der Waals surface area contributed by atoms with Crippen molar-refractivity contribution in [1.29, 1.82) is 0 Å². The lowest BCUT2D eigenvalue weighted by molar-refractivity contribution is 1.52. The summed E-state index contributed by atoms with van der Waals surface area (Å²) < 4.78 is 0. The number of nitrogens with zero attached hydrogens (tertiary/aromatic N) is 1. The molecule has 0 bridgehead atoms. The fourth-order valence-electron chi connectivity index (χ4n) is 2.66. The Hall–Kier alpha value is -2.35. The van der Waals surface area contributed by atoms with Gasteiger partial charge in [0.15, 0.2) is 0 Å². The van der Waals surface area contributed by atoms with Gasteiger partial charge in [-0.15, -0.1) is 0 Å². The zero-order chi connectivity index (χ0) is 12.8. The van der Waals surface area contributed by atoms with Gasteiger partial charge in [0, 0.05) is 5.39 Å². The molecule has 4 aromatic rings. The van der Waals surface area contributed by atoms with E-state index in [-0.39, 0.29) is 0 Å². The largest absolute Gasteiger partial charge is 0.247 e. The van der Waals surface area contributed by atoms with Gasteiger partial charge < -0.3 is 0 Å². The van der Waals surface area contributed by atoms with Crippen molar-refractivity contribution in [3.63, 3.8) is 0 Å². The zero-order valence-corrected chi connectivity index (χ0v) is 10.3. The Balaban J connectivity index is 2.32. The van der Waals surface area contributed by atoms with Crippen LogP contribution in [0.5, 0.6) is 0 Å². The SMILES string of the molecule is [B]c1c2ccccc2nc2c1ccc1ccccc12. The van der Waals surface area contributed by atoms with Gasteiger partial charge in [0.1, 0.15) is 7.85 Å². The van der Waals surface area contributed by atoms with E-state index in [4.69, 9.17) is 12.8 Å². The molecule has 0 aliphatic carbocycles. The van der Waals surface area contributed by atoms with Gasteiger partial charge in [0.05, 0.1) is 11.0 Å². The Morgan fingerprint density at radius 1 is 0.684 bits per heavy atom. The molecule has 0 aliphatic rings. The highest BCUT2D eigenvalue weighted by Gasteiger charge is 2.07. The van der Waals surface area contributed by atoms with Crippen molar-refractivity contribution in [2.75, 3.05) is 0 Å². The lowest BCUT2D eigenvalue weighted by Gasteiger charge is -2.09. The zero-order valence-electron chi connectivity index (χ0n) is 10.3. The first-order valence-electron chi connectivity index (χ1n) is 6.30. The van der Waals surface area contributed by atoms with Gasteiger partial charge in [-0.05, 0) is 22.2 Å². The highest BCUT2D eigenvalue weighted by molar-refractivity contribution is 6.45. The van der Waals surface area contributed by atoms with Crippen LogP contribution in [0.1, 0.15) is 0 Å². The monoisotopic (exact) mass is 239 g/mol. The Morgan fingerprint density at radius 2 is 1.42 bits per heavy atom. The van der Waals surface area contributed by atoms with E-state index in [0.717, 1.165) is 32.7 Å². The molecule has 1 heterocycles. The molecule has 0 saturated heterocycles. The van der Waals surface area contributed by atoms with Gasteiger partial charge in [-0.2, -0.15) is 0 Å². The first-order chi connectivity index (χ1) is 9.34. The molecule has 2 radical (unpaired) electrons. The number of para-hydroxylation sites is 1. The Morgan fingerprint density at radius 3 is 2.32 bits per heavy atom. The predicted octanol–water partition coefficient (Wildman–Crippen LogP) is 3.34. The number of pyridine rings is 1. The van der Waals surface area contributed by atoms with Gasteiger partial charge in [-0.25, -0.2) is 4.98 Å². The lowest BCUT2D eigenvalue weighted by Crippen LogP contribution is -2.07. The standard InChI is InChI=1S/C17H10BN/c18-16-13-7-3-4-8-15(13)19-17-12-6-2-1-5-11(12)9-10-14(16)17/h1-10H. The number of rotatable bonds is 0. The van der Waals surface area contributed by atoms with E-state index in [9.17, 15) is 0 Å². The molecular weight excluding hydrogens is 229 g/mol. The summed E-state index contributed by atoms with van der Waals surface area (Å²) in [4.78, 5) is 4.79. The van der Waals surface area contributed by atoms with E-state index >= 15 is 0 Å². The molecule has 0 atom stereocenters. The molecule has 1 nitrogen and oxygen atoms in total. The molecule has 0 unspecified atom stereocenters. The molecule has 0 saturated carbocycles. The molecule has 0 fully saturated rings. The van der Waals surface area contributed by atoms with Gasteiger partial charge >= 0.3 is 0 Å². The average Bonchev–Trinajstić information content (AvgIpc) is 2.47. The van der Waals surface area contributed by atoms with Crippen LogP contribution in [-0.4, -0.2) is 12.8 Å². The molecule has 86 valence electrons. The van der Waals surface area contributed by atoms with Gasteiger partial charge in [-0.1, -0.05) is 60.1 Å². The molecule has 0 spiro atoms. The van der Waals surface area contributed by atoms with Crippen LogP contribution in [0.4, 0.5) is 0 Å². The molecule has 19 heavy (non-hydrogen) atoms. The van der Waals surface area contributed by atoms with Crippen molar-refractivity contribution in [1.82, 2.24) is 4.98 Å². The van der Waals surface area contributed by atoms with Crippen molar-refractivity contribution < 1.29 is 0 Å². The first-order valence-corrected chi connectivity index (χ1v) is 6.30. The number of aromatic nitrogens is 1. The van der Waals surface area contributed by atoms with Gasteiger partial charge in [0.2, 0.25) is 0 Å². The molecule has 0 N–H and O–H groups in total. The van der Waals surface area contributed by atoms with Gasteiger partial charge in [0.25, 0.3) is 0 Å². The summed E-state index contributed by atoms with van der Waals surface area (Å²) >= 11 is 0. The third kappa shape index (κ3) is 1.46. The van der Waals surface area contributed by atoms with Crippen LogP contribution < -0.4 is 5.46 Å². The summed E-state index contributed by atoms with van der Waals surface area (Å²) in [5.41, 5.74) is 2.74. The maximum absolute atomic E-state index is 6.31. The molecule has 0 amide bonds. The summed E-state index contributed by atoms with van der Waals surface area (Å²) in [5, 5.41) is 4.39. The van der Waals surface area contributed by atoms with Crippen LogP contribution in [0.15, 0.2) is 60.7 Å². The highest BCUT2D eigenvalue weighted by atomic mass is 14.7. The van der Waals surface area contributed by atoms with E-state index in [0.29, 0.717) is 0 Å². The number of benzene rings is 3. The van der Waals surface area contributed by atoms with Crippen LogP contribution >= 0.6 is 0 Å². The summed E-state index contributed by atoms with van der Waals surface area (Å²) in [6, 6.07) is 20.4. The summed E-state index contributed by atoms with van der Waals surface area (Å²) in [7, 11) is 6.31. The fraction of sp³-hybridized carbons (Fsp3) is 0. The smallest absolute Gasteiger partial charge is 0.115 e. The molecular formula is C17H10BN. The first kappa shape index (κ1) is 10.6. The second-order valence-electron chi connectivity index (χ2n) is 4.73. The highest BCUT2D eigenvalue weighted by Crippen LogP contribution is 2.24. The number of fused-ring (bicyclic) bond motifs is 4. The second kappa shape index (κ2) is 3.82. The van der Waals surface area contributed by atoms with Crippen LogP contribution in [0, 0.1) is 0 Å². The second-order valence-corrected chi connectivity index (χ2v) is 4.73. The number of hydrogen-bond donors (Lipinski definition) is 0. The summed E-state index contributed by atoms with van der Waals surface area (Å²) in [6.45, 7) is 0. The molecule has 0 aliphatic heterocycles. The lowest BCUT2D eigenvalue weighted by atomic mass is 9.87. The summed E-state index contributed by atoms with van der Waals surface area (Å²) in [5.74, 6) is 0. The van der Waals surface area contributed by atoms with Crippen LogP contribution in [0.3, 0.4) is 0 Å². The summed E-state index contributed by atoms with van der Waals surface area (Å²) in [6.07, 6.45) is 0. The van der Waals surface area contributed by atoms with Gasteiger partial charge in [-0.3, -0.25) is 0 Å². The maximum Gasteiger partial charge on any atom is 0.115 e.